The highest BCUT2D eigenvalue weighted by Crippen LogP contribution is 2.25. The standard InChI is InChI=1S/C19H19ClN6O2/c1-19(2,3)28-18(27)26-8-7-11-5-4-6-12(14(11)26)9-25-10-22-13-15(21)23-17(20)24-16(13)25/h4-8,10H,9H2,1-3H3,(H2,21,23,24). The van der Waals surface area contributed by atoms with Gasteiger partial charge in [-0.1, -0.05) is 18.2 Å². The number of fused-ring (bicyclic) bond motifs is 2. The number of rotatable bonds is 2. The first kappa shape index (κ1) is 18.2. The highest BCUT2D eigenvalue weighted by molar-refractivity contribution is 6.28. The number of hydrogen-bond acceptors (Lipinski definition) is 6. The van der Waals surface area contributed by atoms with Gasteiger partial charge in [-0.3, -0.25) is 4.57 Å². The molecule has 0 aliphatic rings. The third kappa shape index (κ3) is 3.27. The molecule has 4 aromatic rings. The second-order valence-corrected chi connectivity index (χ2v) is 7.78. The van der Waals surface area contributed by atoms with Crippen LogP contribution in [0, 0.1) is 0 Å². The number of nitrogens with two attached hydrogens (primary N) is 1. The molecule has 0 saturated heterocycles. The number of halogens is 1. The monoisotopic (exact) mass is 398 g/mol. The first-order valence-electron chi connectivity index (χ1n) is 8.69. The molecule has 0 amide bonds. The Morgan fingerprint density at radius 2 is 2.04 bits per heavy atom. The van der Waals surface area contributed by atoms with Crippen molar-refractivity contribution in [2.75, 3.05) is 5.73 Å². The second-order valence-electron chi connectivity index (χ2n) is 7.44. The molecular weight excluding hydrogens is 380 g/mol. The van der Waals surface area contributed by atoms with Crippen LogP contribution in [0.1, 0.15) is 26.3 Å². The molecule has 0 fully saturated rings. The minimum Gasteiger partial charge on any atom is -0.443 e. The molecule has 0 saturated carbocycles. The van der Waals surface area contributed by atoms with Crippen molar-refractivity contribution in [3.63, 3.8) is 0 Å². The van der Waals surface area contributed by atoms with E-state index < -0.39 is 11.7 Å². The lowest BCUT2D eigenvalue weighted by molar-refractivity contribution is 0.0544. The van der Waals surface area contributed by atoms with Gasteiger partial charge in [0.1, 0.15) is 11.1 Å². The van der Waals surface area contributed by atoms with Gasteiger partial charge in [-0.2, -0.15) is 9.97 Å². The SMILES string of the molecule is CC(C)(C)OC(=O)n1ccc2cccc(Cn3cnc4c(N)nc(Cl)nc43)c21. The molecule has 0 radical (unpaired) electrons. The number of carbonyl (C=O) groups is 1. The molecule has 0 spiro atoms. The van der Waals surface area contributed by atoms with Gasteiger partial charge in [0.2, 0.25) is 5.28 Å². The van der Waals surface area contributed by atoms with Crippen molar-refractivity contribution in [2.45, 2.75) is 32.9 Å². The van der Waals surface area contributed by atoms with Crippen LogP contribution in [0.4, 0.5) is 10.6 Å². The molecule has 8 nitrogen and oxygen atoms in total. The van der Waals surface area contributed by atoms with Crippen molar-refractivity contribution < 1.29 is 9.53 Å². The Labute approximate surface area is 165 Å². The van der Waals surface area contributed by atoms with Crippen molar-refractivity contribution in [2.24, 2.45) is 0 Å². The minimum atomic E-state index is -0.589. The summed E-state index contributed by atoms with van der Waals surface area (Å²) in [6.07, 6.45) is 2.91. The number of ether oxygens (including phenoxy) is 1. The molecule has 28 heavy (non-hydrogen) atoms. The van der Waals surface area contributed by atoms with Gasteiger partial charge < -0.3 is 15.0 Å². The molecule has 4 rings (SSSR count). The smallest absolute Gasteiger partial charge is 0.419 e. The van der Waals surface area contributed by atoms with Crippen LogP contribution >= 0.6 is 11.6 Å². The summed E-state index contributed by atoms with van der Waals surface area (Å²) in [4.78, 5) is 25.1. The van der Waals surface area contributed by atoms with E-state index in [9.17, 15) is 4.79 Å². The Kier molecular flexibility index (Phi) is 4.23. The van der Waals surface area contributed by atoms with Crippen LogP contribution in [0.15, 0.2) is 36.8 Å². The summed E-state index contributed by atoms with van der Waals surface area (Å²) in [5.74, 6) is 0.226. The lowest BCUT2D eigenvalue weighted by atomic mass is 10.1. The van der Waals surface area contributed by atoms with Crippen molar-refractivity contribution in [3.05, 3.63) is 47.6 Å². The molecule has 144 valence electrons. The minimum absolute atomic E-state index is 0.0575. The van der Waals surface area contributed by atoms with E-state index in [1.165, 1.54) is 4.57 Å². The number of nitrogen functional groups attached to an aromatic ring is 1. The van der Waals surface area contributed by atoms with E-state index in [2.05, 4.69) is 15.0 Å². The van der Waals surface area contributed by atoms with Gasteiger partial charge in [0.05, 0.1) is 18.4 Å². The van der Waals surface area contributed by atoms with Crippen molar-refractivity contribution in [1.82, 2.24) is 24.1 Å². The highest BCUT2D eigenvalue weighted by Gasteiger charge is 2.20. The molecule has 0 aliphatic heterocycles. The number of carbonyl (C=O) groups excluding carboxylic acids is 1. The van der Waals surface area contributed by atoms with Crippen LogP contribution in [0.2, 0.25) is 5.28 Å². The van der Waals surface area contributed by atoms with Gasteiger partial charge in [-0.05, 0) is 44.0 Å². The molecule has 9 heteroatoms. The fraction of sp³-hybridized carbons (Fsp3) is 0.263. The maximum atomic E-state index is 12.7. The zero-order valence-electron chi connectivity index (χ0n) is 15.7. The molecule has 3 aromatic heterocycles. The summed E-state index contributed by atoms with van der Waals surface area (Å²) in [5, 5.41) is 0.988. The Hall–Kier alpha value is -3.13. The van der Waals surface area contributed by atoms with Crippen molar-refractivity contribution in [1.29, 1.82) is 0 Å². The molecule has 0 aliphatic carbocycles. The Morgan fingerprint density at radius 1 is 1.25 bits per heavy atom. The molecule has 2 N–H and O–H groups in total. The Balaban J connectivity index is 1.80. The topological polar surface area (TPSA) is 101 Å². The average molecular weight is 399 g/mol. The number of para-hydroxylation sites is 1. The summed E-state index contributed by atoms with van der Waals surface area (Å²) in [6.45, 7) is 5.93. The van der Waals surface area contributed by atoms with Gasteiger partial charge in [-0.25, -0.2) is 9.78 Å². The van der Waals surface area contributed by atoms with E-state index in [1.54, 1.807) is 12.5 Å². The first-order valence-corrected chi connectivity index (χ1v) is 9.07. The lowest BCUT2D eigenvalue weighted by Gasteiger charge is -2.20. The van der Waals surface area contributed by atoms with Crippen LogP contribution in [0.25, 0.3) is 22.1 Å². The predicted molar refractivity (Wildman–Crippen MR) is 107 cm³/mol. The van der Waals surface area contributed by atoms with Gasteiger partial charge >= 0.3 is 6.09 Å². The number of imidazole rings is 1. The summed E-state index contributed by atoms with van der Waals surface area (Å²) in [6, 6.07) is 7.71. The van der Waals surface area contributed by atoms with E-state index in [1.807, 2.05) is 49.6 Å². The van der Waals surface area contributed by atoms with Crippen LogP contribution in [0.3, 0.4) is 0 Å². The number of benzene rings is 1. The molecule has 0 atom stereocenters. The average Bonchev–Trinajstić information content (AvgIpc) is 3.19. The summed E-state index contributed by atoms with van der Waals surface area (Å²) in [5.41, 5.74) is 7.99. The van der Waals surface area contributed by atoms with Crippen molar-refractivity contribution >= 4 is 45.6 Å². The van der Waals surface area contributed by atoms with Crippen LogP contribution in [0.5, 0.6) is 0 Å². The van der Waals surface area contributed by atoms with Crippen LogP contribution < -0.4 is 5.73 Å². The fourth-order valence-corrected chi connectivity index (χ4v) is 3.27. The van der Waals surface area contributed by atoms with E-state index in [-0.39, 0.29) is 11.1 Å². The fourth-order valence-electron chi connectivity index (χ4n) is 3.10. The van der Waals surface area contributed by atoms with Gasteiger partial charge in [0, 0.05) is 11.6 Å². The molecule has 3 heterocycles. The maximum absolute atomic E-state index is 12.7. The van der Waals surface area contributed by atoms with Crippen LogP contribution in [-0.2, 0) is 11.3 Å². The number of aromatic nitrogens is 5. The summed E-state index contributed by atoms with van der Waals surface area (Å²) < 4.78 is 8.87. The van der Waals surface area contributed by atoms with E-state index >= 15 is 0 Å². The maximum Gasteiger partial charge on any atom is 0.419 e. The Morgan fingerprint density at radius 3 is 2.79 bits per heavy atom. The van der Waals surface area contributed by atoms with Crippen LogP contribution in [-0.4, -0.2) is 35.8 Å². The second kappa shape index (κ2) is 6.49. The highest BCUT2D eigenvalue weighted by atomic mass is 35.5. The molecule has 0 bridgehead atoms. The normalized spacial score (nSPS) is 12.0. The lowest BCUT2D eigenvalue weighted by Crippen LogP contribution is -2.27. The van der Waals surface area contributed by atoms with Gasteiger partial charge in [0.15, 0.2) is 11.5 Å². The van der Waals surface area contributed by atoms with E-state index in [4.69, 9.17) is 22.1 Å². The number of hydrogen-bond donors (Lipinski definition) is 1. The van der Waals surface area contributed by atoms with E-state index in [0.29, 0.717) is 17.7 Å². The zero-order valence-corrected chi connectivity index (χ0v) is 16.4. The number of anilines is 1. The quantitative estimate of drug-likeness (QED) is 0.514. The predicted octanol–water partition coefficient (Wildman–Crippen LogP) is 3.85. The third-order valence-electron chi connectivity index (χ3n) is 4.19. The molecular formula is C19H19ClN6O2. The summed E-state index contributed by atoms with van der Waals surface area (Å²) >= 11 is 5.95. The third-order valence-corrected chi connectivity index (χ3v) is 4.36. The van der Waals surface area contributed by atoms with Gasteiger partial charge in [0.25, 0.3) is 0 Å². The molecule has 0 unspecified atom stereocenters. The largest absolute Gasteiger partial charge is 0.443 e. The van der Waals surface area contributed by atoms with Crippen molar-refractivity contribution in [3.8, 4) is 0 Å². The van der Waals surface area contributed by atoms with Gasteiger partial charge in [-0.15, -0.1) is 0 Å². The Bertz CT molecular complexity index is 1200. The summed E-state index contributed by atoms with van der Waals surface area (Å²) in [7, 11) is 0. The number of nitrogens with zero attached hydrogens (tertiary/aromatic N) is 5. The zero-order chi connectivity index (χ0) is 20.1. The van der Waals surface area contributed by atoms with E-state index in [0.717, 1.165) is 16.5 Å². The molecule has 1 aromatic carbocycles. The first-order chi connectivity index (χ1) is 13.2.